The summed E-state index contributed by atoms with van der Waals surface area (Å²) < 4.78 is 15.0. The Morgan fingerprint density at radius 3 is 2.84 bits per heavy atom. The van der Waals surface area contributed by atoms with Gasteiger partial charge in [0.2, 0.25) is 0 Å². The van der Waals surface area contributed by atoms with Gasteiger partial charge in [-0.3, -0.25) is 0 Å². The van der Waals surface area contributed by atoms with Crippen LogP contribution < -0.4 is 5.32 Å². The van der Waals surface area contributed by atoms with Gasteiger partial charge in [-0.2, -0.15) is 0 Å². The third kappa shape index (κ3) is 4.15. The highest BCUT2D eigenvalue weighted by atomic mass is 127. The Bertz CT molecular complexity index is 558. The average molecular weight is 410 g/mol. The molecule has 1 aromatic carbocycles. The van der Waals surface area contributed by atoms with Crippen molar-refractivity contribution in [1.82, 2.24) is 5.32 Å². The van der Waals surface area contributed by atoms with Crippen molar-refractivity contribution in [2.24, 2.45) is 0 Å². The first kappa shape index (κ1) is 15.2. The maximum Gasteiger partial charge on any atom is 0.126 e. The van der Waals surface area contributed by atoms with E-state index in [-0.39, 0.29) is 11.9 Å². The Labute approximate surface area is 135 Å². The van der Waals surface area contributed by atoms with Gasteiger partial charge in [0.05, 0.1) is 2.88 Å². The first-order valence-corrected chi connectivity index (χ1v) is 8.35. The molecule has 19 heavy (non-hydrogen) atoms. The lowest BCUT2D eigenvalue weighted by Crippen LogP contribution is -2.22. The van der Waals surface area contributed by atoms with Gasteiger partial charge < -0.3 is 5.32 Å². The minimum atomic E-state index is -0.197. The predicted molar refractivity (Wildman–Crippen MR) is 88.6 cm³/mol. The molecule has 0 aliphatic heterocycles. The molecular formula is C14H14ClFINS. The molecule has 0 bridgehead atoms. The number of nitrogens with one attached hydrogen (secondary N) is 1. The van der Waals surface area contributed by atoms with E-state index in [1.165, 1.54) is 14.5 Å². The second-order valence-corrected chi connectivity index (χ2v) is 7.48. The van der Waals surface area contributed by atoms with E-state index in [0.717, 1.165) is 6.54 Å². The van der Waals surface area contributed by atoms with Crippen LogP contribution >= 0.6 is 45.5 Å². The fourth-order valence-corrected chi connectivity index (χ4v) is 3.60. The van der Waals surface area contributed by atoms with Crippen LogP contribution in [0.4, 0.5) is 4.39 Å². The van der Waals surface area contributed by atoms with Crippen molar-refractivity contribution in [3.05, 3.63) is 54.5 Å². The third-order valence-corrected chi connectivity index (χ3v) is 4.91. The number of halogens is 3. The van der Waals surface area contributed by atoms with Crippen molar-refractivity contribution >= 4 is 45.5 Å². The highest BCUT2D eigenvalue weighted by Gasteiger charge is 2.15. The molecule has 0 saturated carbocycles. The second-order valence-electron chi connectivity index (χ2n) is 4.23. The molecule has 0 amide bonds. The van der Waals surface area contributed by atoms with Gasteiger partial charge in [0, 0.05) is 11.1 Å². The lowest BCUT2D eigenvalue weighted by molar-refractivity contribution is 0.529. The smallest absolute Gasteiger partial charge is 0.126 e. The number of likely N-dealkylation sites (N-methyl/N-ethyl adjacent to an activating group) is 1. The Kier molecular flexibility index (Phi) is 5.62. The lowest BCUT2D eigenvalue weighted by atomic mass is 10.0. The molecule has 0 fully saturated rings. The van der Waals surface area contributed by atoms with E-state index in [2.05, 4.69) is 46.3 Å². The summed E-state index contributed by atoms with van der Waals surface area (Å²) in [5, 5.41) is 6.10. The van der Waals surface area contributed by atoms with E-state index in [9.17, 15) is 4.39 Å². The largest absolute Gasteiger partial charge is 0.310 e. The first-order chi connectivity index (χ1) is 9.10. The van der Waals surface area contributed by atoms with Crippen molar-refractivity contribution in [2.45, 2.75) is 19.4 Å². The quantitative estimate of drug-likeness (QED) is 0.682. The zero-order valence-corrected chi connectivity index (χ0v) is 14.2. The van der Waals surface area contributed by atoms with Crippen molar-refractivity contribution in [2.75, 3.05) is 6.54 Å². The van der Waals surface area contributed by atoms with Gasteiger partial charge in [-0.15, -0.1) is 11.3 Å². The Hall–Kier alpha value is -0.170. The van der Waals surface area contributed by atoms with Crippen LogP contribution in [0.3, 0.4) is 0 Å². The Morgan fingerprint density at radius 2 is 2.21 bits per heavy atom. The van der Waals surface area contributed by atoms with Crippen molar-refractivity contribution < 1.29 is 4.39 Å². The fraction of sp³-hybridized carbons (Fsp3) is 0.286. The molecule has 0 aliphatic rings. The molecule has 1 N–H and O–H groups in total. The van der Waals surface area contributed by atoms with Gasteiger partial charge in [0.25, 0.3) is 0 Å². The molecular weight excluding hydrogens is 396 g/mol. The maximum atomic E-state index is 13.8. The first-order valence-electron chi connectivity index (χ1n) is 6.01. The maximum absolute atomic E-state index is 13.8. The van der Waals surface area contributed by atoms with Gasteiger partial charge in [-0.05, 0) is 76.3 Å². The fourth-order valence-electron chi connectivity index (χ4n) is 1.98. The summed E-state index contributed by atoms with van der Waals surface area (Å²) in [6.07, 6.45) is 0.604. The number of hydrogen-bond acceptors (Lipinski definition) is 2. The van der Waals surface area contributed by atoms with E-state index in [1.807, 2.05) is 0 Å². The lowest BCUT2D eigenvalue weighted by Gasteiger charge is -2.17. The minimum Gasteiger partial charge on any atom is -0.310 e. The summed E-state index contributed by atoms with van der Waals surface area (Å²) in [7, 11) is 0. The standard InChI is InChI=1S/C14H14ClFINS/c1-2-18-13(10-7-14(17)19-8-10)6-9-5-11(15)3-4-12(9)16/h3-5,7-8,13,18H,2,6H2,1H3. The summed E-state index contributed by atoms with van der Waals surface area (Å²) in [5.41, 5.74) is 1.86. The second kappa shape index (κ2) is 7.02. The molecule has 1 atom stereocenters. The van der Waals surface area contributed by atoms with Gasteiger partial charge in [0.1, 0.15) is 5.82 Å². The number of hydrogen-bond donors (Lipinski definition) is 1. The molecule has 2 rings (SSSR count). The summed E-state index contributed by atoms with van der Waals surface area (Å²) in [6, 6.07) is 6.98. The van der Waals surface area contributed by atoms with E-state index in [4.69, 9.17) is 11.6 Å². The van der Waals surface area contributed by atoms with Crippen LogP contribution in [0.25, 0.3) is 0 Å². The zero-order chi connectivity index (χ0) is 13.8. The molecule has 0 saturated heterocycles. The molecule has 1 nitrogen and oxygen atoms in total. The summed E-state index contributed by atoms with van der Waals surface area (Å²) >= 11 is 9.95. The highest BCUT2D eigenvalue weighted by Crippen LogP contribution is 2.26. The topological polar surface area (TPSA) is 12.0 Å². The van der Waals surface area contributed by atoms with Crippen LogP contribution in [-0.2, 0) is 6.42 Å². The SMILES string of the molecule is CCNC(Cc1cc(Cl)ccc1F)c1csc(I)c1. The van der Waals surface area contributed by atoms with E-state index >= 15 is 0 Å². The molecule has 102 valence electrons. The van der Waals surface area contributed by atoms with E-state index < -0.39 is 0 Å². The molecule has 1 heterocycles. The Morgan fingerprint density at radius 1 is 1.42 bits per heavy atom. The molecule has 0 radical (unpaired) electrons. The van der Waals surface area contributed by atoms with E-state index in [0.29, 0.717) is 17.0 Å². The van der Waals surface area contributed by atoms with Crippen LogP contribution in [0.1, 0.15) is 24.1 Å². The third-order valence-electron chi connectivity index (χ3n) is 2.87. The summed E-state index contributed by atoms with van der Waals surface area (Å²) in [5.74, 6) is -0.197. The van der Waals surface area contributed by atoms with Crippen molar-refractivity contribution in [3.63, 3.8) is 0 Å². The minimum absolute atomic E-state index is 0.123. The molecule has 0 aliphatic carbocycles. The predicted octanol–water partition coefficient (Wildman–Crippen LogP) is 5.04. The van der Waals surface area contributed by atoms with Crippen molar-refractivity contribution in [1.29, 1.82) is 0 Å². The van der Waals surface area contributed by atoms with Gasteiger partial charge in [-0.25, -0.2) is 4.39 Å². The molecule has 2 aromatic rings. The number of rotatable bonds is 5. The summed E-state index contributed by atoms with van der Waals surface area (Å²) in [6.45, 7) is 2.90. The normalized spacial score (nSPS) is 12.6. The van der Waals surface area contributed by atoms with Gasteiger partial charge in [0.15, 0.2) is 0 Å². The van der Waals surface area contributed by atoms with Crippen LogP contribution in [-0.4, -0.2) is 6.54 Å². The van der Waals surface area contributed by atoms with Crippen LogP contribution in [0.5, 0.6) is 0 Å². The molecule has 0 spiro atoms. The monoisotopic (exact) mass is 409 g/mol. The highest BCUT2D eigenvalue weighted by molar-refractivity contribution is 14.1. The van der Waals surface area contributed by atoms with Gasteiger partial charge >= 0.3 is 0 Å². The van der Waals surface area contributed by atoms with Gasteiger partial charge in [-0.1, -0.05) is 18.5 Å². The van der Waals surface area contributed by atoms with Crippen LogP contribution in [0.2, 0.25) is 5.02 Å². The summed E-state index contributed by atoms with van der Waals surface area (Å²) in [4.78, 5) is 0. The Balaban J connectivity index is 2.23. The van der Waals surface area contributed by atoms with Crippen LogP contribution in [0.15, 0.2) is 29.6 Å². The average Bonchev–Trinajstić information content (AvgIpc) is 2.80. The number of benzene rings is 1. The van der Waals surface area contributed by atoms with Crippen LogP contribution in [0, 0.1) is 8.70 Å². The van der Waals surface area contributed by atoms with E-state index in [1.54, 1.807) is 23.5 Å². The number of thiophene rings is 1. The zero-order valence-electron chi connectivity index (χ0n) is 10.4. The van der Waals surface area contributed by atoms with Crippen molar-refractivity contribution in [3.8, 4) is 0 Å². The molecule has 1 unspecified atom stereocenters. The molecule has 1 aromatic heterocycles. The molecule has 5 heteroatoms.